The molecule has 0 radical (unpaired) electrons. The molecule has 1 spiro atoms. The first kappa shape index (κ1) is 20.3. The molecule has 1 aromatic carbocycles. The van der Waals surface area contributed by atoms with Gasteiger partial charge in [-0.25, -0.2) is 9.18 Å². The molecular formula is C23H23FN4O4. The van der Waals surface area contributed by atoms with E-state index in [0.717, 1.165) is 25.0 Å². The number of carbonyl (C=O) groups is 1. The largest absolute Gasteiger partial charge is 0.487 e. The minimum absolute atomic E-state index is 0.0985. The van der Waals surface area contributed by atoms with Gasteiger partial charge in [-0.05, 0) is 44.2 Å². The summed E-state index contributed by atoms with van der Waals surface area (Å²) in [7, 11) is 0. The van der Waals surface area contributed by atoms with E-state index >= 15 is 4.39 Å². The fraction of sp³-hybridized carbons (Fsp3) is 0.348. The van der Waals surface area contributed by atoms with Crippen molar-refractivity contribution in [1.82, 2.24) is 9.55 Å². The van der Waals surface area contributed by atoms with E-state index < -0.39 is 28.3 Å². The van der Waals surface area contributed by atoms with Crippen molar-refractivity contribution in [1.29, 1.82) is 0 Å². The summed E-state index contributed by atoms with van der Waals surface area (Å²) < 4.78 is 23.1. The van der Waals surface area contributed by atoms with Crippen molar-refractivity contribution in [3.05, 3.63) is 57.9 Å². The molecule has 0 bridgehead atoms. The van der Waals surface area contributed by atoms with Crippen LogP contribution in [-0.2, 0) is 12.0 Å². The lowest BCUT2D eigenvalue weighted by Crippen LogP contribution is -2.49. The van der Waals surface area contributed by atoms with Crippen molar-refractivity contribution < 1.29 is 19.0 Å². The van der Waals surface area contributed by atoms with Crippen LogP contribution in [0, 0.1) is 5.82 Å². The minimum atomic E-state index is -1.36. The predicted octanol–water partition coefficient (Wildman–Crippen LogP) is 3.13. The van der Waals surface area contributed by atoms with E-state index in [1.54, 1.807) is 10.8 Å². The molecule has 32 heavy (non-hydrogen) atoms. The zero-order valence-electron chi connectivity index (χ0n) is 17.4. The van der Waals surface area contributed by atoms with Crippen molar-refractivity contribution >= 4 is 28.2 Å². The number of aromatic carboxylic acids is 1. The number of anilines is 2. The van der Waals surface area contributed by atoms with E-state index in [4.69, 9.17) is 10.5 Å². The standard InChI is InChI=1S/C23H23FN4O4/c24-16-17(25)15-19-21(18(16)27-10-3-6-13-5-1-2-9-26-13)32-12-23(7-4-8-23)28(19)11-14(20(15)29)22(30)31/h1-2,5,9,11,27H,3-4,6-8,10,12,25H2,(H,30,31). The smallest absolute Gasteiger partial charge is 0.341 e. The second-order valence-electron chi connectivity index (χ2n) is 8.42. The van der Waals surface area contributed by atoms with E-state index in [9.17, 15) is 14.7 Å². The van der Waals surface area contributed by atoms with Gasteiger partial charge in [-0.2, -0.15) is 0 Å². The van der Waals surface area contributed by atoms with Crippen molar-refractivity contribution in [2.45, 2.75) is 37.6 Å². The maximum absolute atomic E-state index is 15.3. The van der Waals surface area contributed by atoms with Gasteiger partial charge in [0.2, 0.25) is 5.43 Å². The lowest BCUT2D eigenvalue weighted by atomic mass is 9.76. The van der Waals surface area contributed by atoms with E-state index in [-0.39, 0.29) is 29.1 Å². The van der Waals surface area contributed by atoms with Crippen molar-refractivity contribution in [3.63, 3.8) is 0 Å². The fourth-order valence-corrected chi connectivity index (χ4v) is 4.65. The molecule has 3 heterocycles. The Morgan fingerprint density at radius 2 is 2.19 bits per heavy atom. The van der Waals surface area contributed by atoms with Crippen LogP contribution in [0.3, 0.4) is 0 Å². The number of nitrogens with zero attached hydrogens (tertiary/aromatic N) is 2. The number of carboxylic acids is 1. The normalized spacial score (nSPS) is 15.9. The molecular weight excluding hydrogens is 415 g/mol. The minimum Gasteiger partial charge on any atom is -0.487 e. The zero-order chi connectivity index (χ0) is 22.5. The molecule has 4 N–H and O–H groups in total. The summed E-state index contributed by atoms with van der Waals surface area (Å²) in [6.45, 7) is 0.723. The second kappa shape index (κ2) is 7.51. The first-order valence-electron chi connectivity index (χ1n) is 10.6. The van der Waals surface area contributed by atoms with Crippen LogP contribution < -0.4 is 21.2 Å². The van der Waals surface area contributed by atoms with Crippen LogP contribution in [0.2, 0.25) is 0 Å². The molecule has 1 saturated carbocycles. The average Bonchev–Trinajstić information content (AvgIpc) is 2.76. The second-order valence-corrected chi connectivity index (χ2v) is 8.42. The molecule has 2 aromatic heterocycles. The number of benzene rings is 1. The highest BCUT2D eigenvalue weighted by Crippen LogP contribution is 2.50. The Bertz CT molecular complexity index is 1290. The summed E-state index contributed by atoms with van der Waals surface area (Å²) in [4.78, 5) is 28.9. The van der Waals surface area contributed by atoms with E-state index in [1.165, 1.54) is 6.20 Å². The zero-order valence-corrected chi connectivity index (χ0v) is 17.4. The van der Waals surface area contributed by atoms with Crippen molar-refractivity contribution in [2.24, 2.45) is 0 Å². The highest BCUT2D eigenvalue weighted by molar-refractivity contribution is 6.03. The molecule has 1 aliphatic heterocycles. The molecule has 1 fully saturated rings. The maximum atomic E-state index is 15.3. The number of nitrogens with one attached hydrogen (secondary N) is 1. The summed E-state index contributed by atoms with van der Waals surface area (Å²) in [6.07, 6.45) is 7.03. The summed E-state index contributed by atoms with van der Waals surface area (Å²) in [6, 6.07) is 5.69. The molecule has 3 aromatic rings. The third kappa shape index (κ3) is 2.99. The van der Waals surface area contributed by atoms with Gasteiger partial charge in [0, 0.05) is 24.6 Å². The molecule has 166 valence electrons. The van der Waals surface area contributed by atoms with Crippen LogP contribution in [0.15, 0.2) is 35.4 Å². The number of nitrogens with two attached hydrogens (primary N) is 1. The quantitative estimate of drug-likeness (QED) is 0.400. The number of nitrogen functional groups attached to an aromatic ring is 1. The number of aryl methyl sites for hydroxylation is 1. The number of aromatic nitrogens is 2. The van der Waals surface area contributed by atoms with E-state index in [0.29, 0.717) is 24.9 Å². The lowest BCUT2D eigenvalue weighted by Gasteiger charge is -2.47. The maximum Gasteiger partial charge on any atom is 0.341 e. The third-order valence-electron chi connectivity index (χ3n) is 6.52. The number of rotatable bonds is 6. The first-order valence-corrected chi connectivity index (χ1v) is 10.6. The van der Waals surface area contributed by atoms with Crippen molar-refractivity contribution in [3.8, 4) is 5.75 Å². The Morgan fingerprint density at radius 3 is 2.84 bits per heavy atom. The molecule has 0 saturated heterocycles. The van der Waals surface area contributed by atoms with Crippen LogP contribution in [0.1, 0.15) is 41.7 Å². The van der Waals surface area contributed by atoms with Gasteiger partial charge in [0.1, 0.15) is 17.9 Å². The number of hydrogen-bond donors (Lipinski definition) is 3. The van der Waals surface area contributed by atoms with Crippen molar-refractivity contribution in [2.75, 3.05) is 24.2 Å². The molecule has 0 unspecified atom stereocenters. The number of ether oxygens (including phenoxy) is 1. The topological polar surface area (TPSA) is 119 Å². The first-order chi connectivity index (χ1) is 15.4. The summed E-state index contributed by atoms with van der Waals surface area (Å²) >= 11 is 0. The van der Waals surface area contributed by atoms with Gasteiger partial charge in [0.15, 0.2) is 11.6 Å². The lowest BCUT2D eigenvalue weighted by molar-refractivity contribution is 0.0584. The summed E-state index contributed by atoms with van der Waals surface area (Å²) in [5, 5.41) is 12.5. The molecule has 9 heteroatoms. The Labute approximate surface area is 182 Å². The Kier molecular flexibility index (Phi) is 4.76. The molecule has 2 aliphatic rings. The van der Waals surface area contributed by atoms with E-state index in [2.05, 4.69) is 10.3 Å². The van der Waals surface area contributed by atoms with Gasteiger partial charge < -0.3 is 25.5 Å². The Morgan fingerprint density at radius 1 is 1.38 bits per heavy atom. The predicted molar refractivity (Wildman–Crippen MR) is 118 cm³/mol. The van der Waals surface area contributed by atoms with Gasteiger partial charge in [0.25, 0.3) is 0 Å². The molecule has 1 aliphatic carbocycles. The van der Waals surface area contributed by atoms with Crippen LogP contribution in [-0.4, -0.2) is 33.8 Å². The van der Waals surface area contributed by atoms with E-state index in [1.807, 2.05) is 18.2 Å². The fourth-order valence-electron chi connectivity index (χ4n) is 4.65. The highest BCUT2D eigenvalue weighted by Gasteiger charge is 2.45. The number of hydrogen-bond acceptors (Lipinski definition) is 6. The number of pyridine rings is 2. The summed E-state index contributed by atoms with van der Waals surface area (Å²) in [5.74, 6) is -1.96. The third-order valence-corrected chi connectivity index (χ3v) is 6.52. The van der Waals surface area contributed by atoms with Gasteiger partial charge in [-0.1, -0.05) is 6.07 Å². The Balaban J connectivity index is 1.58. The number of fused-ring (bicyclic) bond motifs is 1. The molecule has 0 atom stereocenters. The Hall–Kier alpha value is -3.62. The van der Waals surface area contributed by atoms with Gasteiger partial charge in [-0.15, -0.1) is 0 Å². The molecule has 0 amide bonds. The van der Waals surface area contributed by atoms with Gasteiger partial charge >= 0.3 is 5.97 Å². The monoisotopic (exact) mass is 438 g/mol. The molecule has 8 nitrogen and oxygen atoms in total. The average molecular weight is 438 g/mol. The molecule has 5 rings (SSSR count). The van der Waals surface area contributed by atoms with Crippen LogP contribution in [0.4, 0.5) is 15.8 Å². The summed E-state index contributed by atoms with van der Waals surface area (Å²) in [5.41, 5.74) is 5.43. The number of halogens is 1. The number of carboxylic acid groups (broad SMARTS) is 1. The van der Waals surface area contributed by atoms with Crippen LogP contribution in [0.5, 0.6) is 5.75 Å². The SMILES string of the molecule is Nc1c(F)c(NCCCc2ccccn2)c2c3c1c(=O)c(C(=O)O)cn3C1(CCC1)CO2. The van der Waals surface area contributed by atoms with Crippen LogP contribution >= 0.6 is 0 Å². The van der Waals surface area contributed by atoms with Gasteiger partial charge in [-0.3, -0.25) is 9.78 Å². The van der Waals surface area contributed by atoms with Gasteiger partial charge in [0.05, 0.1) is 22.1 Å². The van der Waals surface area contributed by atoms with Crippen LogP contribution in [0.25, 0.3) is 10.9 Å². The highest BCUT2D eigenvalue weighted by atomic mass is 19.1.